The predicted molar refractivity (Wildman–Crippen MR) is 172 cm³/mol. The number of nitrogens with one attached hydrogen (secondary N) is 4. The fourth-order valence-corrected chi connectivity index (χ4v) is 5.53. The molecule has 0 bridgehead atoms. The number of nitrogens with zero attached hydrogens (tertiary/aromatic N) is 4. The summed E-state index contributed by atoms with van der Waals surface area (Å²) in [7, 11) is -3.45. The Hall–Kier alpha value is -5.01. The summed E-state index contributed by atoms with van der Waals surface area (Å²) in [5.74, 6) is -0.117. The van der Waals surface area contributed by atoms with E-state index in [0.717, 1.165) is 28.3 Å². The highest BCUT2D eigenvalue weighted by atomic mass is 32.2. The molecule has 0 fully saturated rings. The van der Waals surface area contributed by atoms with E-state index in [2.05, 4.69) is 35.2 Å². The van der Waals surface area contributed by atoms with Crippen molar-refractivity contribution < 1.29 is 17.6 Å². The highest BCUT2D eigenvalue weighted by Gasteiger charge is 2.19. The van der Waals surface area contributed by atoms with Crippen LogP contribution in [0.3, 0.4) is 0 Å². The molecule has 2 aromatic carbocycles. The Kier molecular flexibility index (Phi) is 7.67. The number of fused-ring (bicyclic) bond motifs is 2. The Morgan fingerprint density at radius 2 is 1.82 bits per heavy atom. The number of pyridine rings is 2. The molecule has 6 rings (SSSR count). The third-order valence-corrected chi connectivity index (χ3v) is 7.69. The van der Waals surface area contributed by atoms with E-state index in [1.807, 2.05) is 45.0 Å². The van der Waals surface area contributed by atoms with E-state index in [4.69, 9.17) is 4.98 Å². The molecule has 0 radical (unpaired) electrons. The molecule has 11 nitrogen and oxygen atoms in total. The average molecular weight is 627 g/mol. The first-order chi connectivity index (χ1) is 21.3. The highest BCUT2D eigenvalue weighted by molar-refractivity contribution is 7.88. The fourth-order valence-electron chi connectivity index (χ4n) is 5.11. The van der Waals surface area contributed by atoms with E-state index in [-0.39, 0.29) is 17.9 Å². The number of carbonyl (C=O) groups is 1. The van der Waals surface area contributed by atoms with Crippen molar-refractivity contribution in [2.45, 2.75) is 33.7 Å². The number of rotatable bonds is 8. The minimum atomic E-state index is -3.45. The fraction of sp³-hybridized carbons (Fsp3) is 0.219. The van der Waals surface area contributed by atoms with Crippen molar-refractivity contribution in [3.63, 3.8) is 0 Å². The van der Waals surface area contributed by atoms with Crippen LogP contribution in [0.2, 0.25) is 0 Å². The van der Waals surface area contributed by atoms with Gasteiger partial charge < -0.3 is 10.3 Å². The van der Waals surface area contributed by atoms with E-state index in [0.29, 0.717) is 51.5 Å². The number of anilines is 1. The van der Waals surface area contributed by atoms with Crippen LogP contribution in [0.15, 0.2) is 67.1 Å². The first-order valence-corrected chi connectivity index (χ1v) is 16.0. The molecule has 0 unspecified atom stereocenters. The number of aromatic nitrogens is 6. The Morgan fingerprint density at radius 1 is 1.00 bits per heavy atom. The summed E-state index contributed by atoms with van der Waals surface area (Å²) in [5, 5.41) is 11.3. The van der Waals surface area contributed by atoms with Crippen LogP contribution < -0.4 is 10.0 Å². The maximum absolute atomic E-state index is 14.6. The quantitative estimate of drug-likeness (QED) is 0.166. The number of H-pyrrole nitrogens is 2. The van der Waals surface area contributed by atoms with Gasteiger partial charge >= 0.3 is 0 Å². The highest BCUT2D eigenvalue weighted by Crippen LogP contribution is 2.33. The molecule has 4 heterocycles. The Bertz CT molecular complexity index is 2180. The smallest absolute Gasteiger partial charge is 0.224 e. The van der Waals surface area contributed by atoms with E-state index < -0.39 is 15.8 Å². The molecular weight excluding hydrogens is 595 g/mol. The number of hydrogen-bond donors (Lipinski definition) is 4. The number of amides is 1. The Morgan fingerprint density at radius 3 is 2.60 bits per heavy atom. The van der Waals surface area contributed by atoms with Gasteiger partial charge in [0.25, 0.3) is 0 Å². The van der Waals surface area contributed by atoms with Gasteiger partial charge in [0, 0.05) is 41.9 Å². The number of imidazole rings is 1. The van der Waals surface area contributed by atoms with E-state index in [1.54, 1.807) is 30.7 Å². The SMILES string of the molecule is CC(C)(C)CC(=O)Nc1cncc(-c2ccc3[nH]nc(-c4nc5c(-c6cc(F)cc(CNS(C)(=O)=O)c6)ccnc5[nH]4)c3c2)c1. The largest absolute Gasteiger partial charge is 0.325 e. The van der Waals surface area contributed by atoms with Crippen molar-refractivity contribution in [3.8, 4) is 33.8 Å². The molecule has 0 aliphatic carbocycles. The number of halogens is 1. The summed E-state index contributed by atoms with van der Waals surface area (Å²) in [6, 6.07) is 13.8. The summed E-state index contributed by atoms with van der Waals surface area (Å²) in [5.41, 5.74) is 6.13. The van der Waals surface area contributed by atoms with Crippen molar-refractivity contribution in [1.29, 1.82) is 0 Å². The van der Waals surface area contributed by atoms with E-state index >= 15 is 0 Å². The summed E-state index contributed by atoms with van der Waals surface area (Å²) in [6.45, 7) is 5.99. The van der Waals surface area contributed by atoms with Crippen molar-refractivity contribution in [2.24, 2.45) is 5.41 Å². The van der Waals surface area contributed by atoms with Gasteiger partial charge in [0.15, 0.2) is 11.5 Å². The van der Waals surface area contributed by atoms with Crippen LogP contribution in [0.5, 0.6) is 0 Å². The van der Waals surface area contributed by atoms with Crippen molar-refractivity contribution >= 4 is 43.7 Å². The lowest BCUT2D eigenvalue weighted by Gasteiger charge is -2.17. The molecule has 45 heavy (non-hydrogen) atoms. The number of carbonyl (C=O) groups excluding carboxylic acids is 1. The molecule has 0 saturated carbocycles. The van der Waals surface area contributed by atoms with Gasteiger partial charge in [-0.2, -0.15) is 5.10 Å². The molecule has 230 valence electrons. The summed E-state index contributed by atoms with van der Waals surface area (Å²) in [6.07, 6.45) is 6.39. The molecule has 4 N–H and O–H groups in total. The molecule has 13 heteroatoms. The van der Waals surface area contributed by atoms with Crippen molar-refractivity contribution in [2.75, 3.05) is 11.6 Å². The van der Waals surface area contributed by atoms with Gasteiger partial charge in [0.05, 0.1) is 23.7 Å². The molecule has 4 aromatic heterocycles. The standard InChI is InChI=1S/C32H31FN8O3S/c1-32(2,3)14-27(42)37-23-12-21(16-34-17-23)19-5-6-26-25(13-19)29(41-40-26)31-38-28-24(7-8-35-30(28)39-31)20-9-18(10-22(33)11-20)15-36-45(4,43)44/h5-13,16-17,36H,14-15H2,1-4H3,(H,37,42)(H,40,41)(H,35,38,39). The van der Waals surface area contributed by atoms with Crippen LogP contribution in [0.1, 0.15) is 32.8 Å². The minimum Gasteiger partial charge on any atom is -0.325 e. The third kappa shape index (κ3) is 6.89. The molecule has 6 aromatic rings. The van der Waals surface area contributed by atoms with Crippen LogP contribution in [-0.2, 0) is 21.4 Å². The maximum atomic E-state index is 14.6. The summed E-state index contributed by atoms with van der Waals surface area (Å²) < 4.78 is 40.1. The summed E-state index contributed by atoms with van der Waals surface area (Å²) >= 11 is 0. The third-order valence-electron chi connectivity index (χ3n) is 7.03. The summed E-state index contributed by atoms with van der Waals surface area (Å²) in [4.78, 5) is 29.3. The number of sulfonamides is 1. The zero-order valence-corrected chi connectivity index (χ0v) is 25.9. The molecule has 0 aliphatic heterocycles. The molecule has 1 amide bonds. The van der Waals surface area contributed by atoms with Gasteiger partial charge in [-0.1, -0.05) is 26.8 Å². The van der Waals surface area contributed by atoms with Crippen LogP contribution in [0.4, 0.5) is 10.1 Å². The zero-order valence-electron chi connectivity index (χ0n) is 25.1. The Labute approximate surface area is 258 Å². The molecule has 0 atom stereocenters. The molecule has 0 spiro atoms. The normalized spacial score (nSPS) is 12.2. The van der Waals surface area contributed by atoms with Crippen molar-refractivity contribution in [1.82, 2.24) is 34.9 Å². The number of aromatic amines is 2. The van der Waals surface area contributed by atoms with Gasteiger partial charge in [-0.25, -0.2) is 27.5 Å². The van der Waals surface area contributed by atoms with Gasteiger partial charge in [0.2, 0.25) is 15.9 Å². The second kappa shape index (κ2) is 11.5. The van der Waals surface area contributed by atoms with Gasteiger partial charge in [-0.05, 0) is 64.6 Å². The molecule has 0 aliphatic rings. The first kappa shape index (κ1) is 30.0. The lowest BCUT2D eigenvalue weighted by molar-refractivity contribution is -0.117. The second-order valence-electron chi connectivity index (χ2n) is 12.2. The van der Waals surface area contributed by atoms with Crippen LogP contribution in [0.25, 0.3) is 55.8 Å². The lowest BCUT2D eigenvalue weighted by Crippen LogP contribution is -2.21. The van der Waals surface area contributed by atoms with Crippen LogP contribution in [-0.4, -0.2) is 50.7 Å². The van der Waals surface area contributed by atoms with Gasteiger partial charge in [0.1, 0.15) is 17.0 Å². The molecule has 0 saturated heterocycles. The molecular formula is C32H31FN8O3S. The van der Waals surface area contributed by atoms with E-state index in [1.165, 1.54) is 12.1 Å². The topological polar surface area (TPSA) is 158 Å². The van der Waals surface area contributed by atoms with Crippen LogP contribution in [0, 0.1) is 11.2 Å². The first-order valence-electron chi connectivity index (χ1n) is 14.1. The van der Waals surface area contributed by atoms with Crippen LogP contribution >= 0.6 is 0 Å². The van der Waals surface area contributed by atoms with Gasteiger partial charge in [-0.15, -0.1) is 0 Å². The lowest BCUT2D eigenvalue weighted by atomic mass is 9.92. The maximum Gasteiger partial charge on any atom is 0.224 e. The Balaban J connectivity index is 1.34. The average Bonchev–Trinajstić information content (AvgIpc) is 3.58. The number of hydrogen-bond acceptors (Lipinski definition) is 7. The number of benzene rings is 2. The predicted octanol–water partition coefficient (Wildman–Crippen LogP) is 5.79. The van der Waals surface area contributed by atoms with Crippen molar-refractivity contribution in [3.05, 3.63) is 78.5 Å². The second-order valence-corrected chi connectivity index (χ2v) is 14.0. The van der Waals surface area contributed by atoms with Gasteiger partial charge in [-0.3, -0.25) is 14.9 Å². The zero-order chi connectivity index (χ0) is 31.9. The monoisotopic (exact) mass is 626 g/mol. The van der Waals surface area contributed by atoms with E-state index in [9.17, 15) is 17.6 Å². The minimum absolute atomic E-state index is 0.0487.